The minimum absolute atomic E-state index is 0.0110. The summed E-state index contributed by atoms with van der Waals surface area (Å²) >= 11 is 0. The van der Waals surface area contributed by atoms with Crippen molar-refractivity contribution in [2.75, 3.05) is 47.5 Å². The molecule has 12 nitrogen and oxygen atoms in total. The fourth-order valence-electron chi connectivity index (χ4n) is 4.42. The Morgan fingerprint density at radius 1 is 1.12 bits per heavy atom. The van der Waals surface area contributed by atoms with E-state index in [1.54, 1.807) is 12.2 Å². The van der Waals surface area contributed by atoms with Crippen LogP contribution in [0.15, 0.2) is 24.3 Å². The molecule has 1 unspecified atom stereocenters. The second-order valence-electron chi connectivity index (χ2n) is 12.0. The van der Waals surface area contributed by atoms with Crippen molar-refractivity contribution in [3.63, 3.8) is 0 Å². The van der Waals surface area contributed by atoms with Crippen molar-refractivity contribution in [2.24, 2.45) is 11.8 Å². The Morgan fingerprint density at radius 3 is 2.49 bits per heavy atom. The largest absolute Gasteiger partial charge is 0.472 e. The summed E-state index contributed by atoms with van der Waals surface area (Å²) in [6, 6.07) is 0. The van der Waals surface area contributed by atoms with Crippen LogP contribution in [0.5, 0.6) is 0 Å². The van der Waals surface area contributed by atoms with E-state index in [1.165, 1.54) is 6.92 Å². The Morgan fingerprint density at radius 2 is 1.84 bits per heavy atom. The van der Waals surface area contributed by atoms with Gasteiger partial charge >= 0.3 is 19.8 Å². The summed E-state index contributed by atoms with van der Waals surface area (Å²) in [7, 11) is 1.30. The number of carbonyl (C=O) groups excluding carboxylic acids is 3. The van der Waals surface area contributed by atoms with E-state index in [1.807, 2.05) is 33.3 Å². The SMILES string of the molecule is CCCCC[C@H](O)/C=C/[C@H]1[C@H](O)CC(=O)[C@@H]1C/C=C\CCCC(=O)O[C@H](COC(C)=O)COP(=O)(O)OCC[N+](C)(C)C. The van der Waals surface area contributed by atoms with Gasteiger partial charge in [-0.15, -0.1) is 0 Å². The summed E-state index contributed by atoms with van der Waals surface area (Å²) < 4.78 is 32.8. The van der Waals surface area contributed by atoms with Gasteiger partial charge in [-0.3, -0.25) is 23.4 Å². The smallest absolute Gasteiger partial charge is 0.462 e. The van der Waals surface area contributed by atoms with Crippen LogP contribution in [0.25, 0.3) is 0 Å². The van der Waals surface area contributed by atoms with Crippen LogP contribution in [0.2, 0.25) is 0 Å². The zero-order valence-corrected chi connectivity index (χ0v) is 27.3. The van der Waals surface area contributed by atoms with E-state index in [-0.39, 0.29) is 43.7 Å². The van der Waals surface area contributed by atoms with Crippen molar-refractivity contribution in [1.82, 2.24) is 0 Å². The predicted molar refractivity (Wildman–Crippen MR) is 161 cm³/mol. The molecule has 6 atom stereocenters. The number of likely N-dealkylation sites (N-methyl/N-ethyl adjacent to an activating group) is 1. The first-order valence-electron chi connectivity index (χ1n) is 15.1. The topological polar surface area (TPSA) is 166 Å². The number of ether oxygens (including phenoxy) is 2. The molecule has 0 aromatic heterocycles. The number of carbonyl (C=O) groups is 3. The molecule has 3 N–H and O–H groups in total. The van der Waals surface area contributed by atoms with Gasteiger partial charge in [-0.1, -0.05) is 50.5 Å². The lowest BCUT2D eigenvalue weighted by Crippen LogP contribution is -2.37. The molecule has 1 saturated carbocycles. The molecule has 1 fully saturated rings. The van der Waals surface area contributed by atoms with Crippen molar-refractivity contribution >= 4 is 25.5 Å². The van der Waals surface area contributed by atoms with Gasteiger partial charge in [0.25, 0.3) is 0 Å². The molecule has 0 saturated heterocycles. The van der Waals surface area contributed by atoms with E-state index in [0.717, 1.165) is 19.3 Å². The summed E-state index contributed by atoms with van der Waals surface area (Å²) in [5.41, 5.74) is 0. The van der Waals surface area contributed by atoms with Crippen LogP contribution in [0.1, 0.15) is 71.6 Å². The third-order valence-electron chi connectivity index (χ3n) is 6.91. The van der Waals surface area contributed by atoms with Crippen molar-refractivity contribution in [3.05, 3.63) is 24.3 Å². The van der Waals surface area contributed by atoms with E-state index in [4.69, 9.17) is 18.5 Å². The van der Waals surface area contributed by atoms with Gasteiger partial charge in [0.2, 0.25) is 0 Å². The number of rotatable bonds is 22. The lowest BCUT2D eigenvalue weighted by atomic mass is 9.90. The molecule has 0 spiro atoms. The maximum atomic E-state index is 12.4. The average molecular weight is 635 g/mol. The number of hydrogen-bond acceptors (Lipinski definition) is 10. The van der Waals surface area contributed by atoms with Crippen LogP contribution in [0.4, 0.5) is 0 Å². The molecule has 0 bridgehead atoms. The maximum Gasteiger partial charge on any atom is 0.472 e. The monoisotopic (exact) mass is 634 g/mol. The number of hydrogen-bond donors (Lipinski definition) is 3. The number of aliphatic hydroxyl groups excluding tert-OH is 2. The van der Waals surface area contributed by atoms with E-state index >= 15 is 0 Å². The summed E-state index contributed by atoms with van der Waals surface area (Å²) in [6.45, 7) is 2.89. The third kappa shape index (κ3) is 18.5. The second-order valence-corrected chi connectivity index (χ2v) is 13.4. The number of quaternary nitrogens is 1. The molecule has 1 aliphatic carbocycles. The minimum atomic E-state index is -4.40. The summed E-state index contributed by atoms with van der Waals surface area (Å²) in [4.78, 5) is 45.9. The van der Waals surface area contributed by atoms with Crippen molar-refractivity contribution in [2.45, 2.75) is 89.9 Å². The maximum absolute atomic E-state index is 12.4. The first kappa shape index (κ1) is 39.1. The Labute approximate surface area is 256 Å². The quantitative estimate of drug-likeness (QED) is 0.0525. The number of aliphatic hydroxyl groups is 2. The zero-order chi connectivity index (χ0) is 32.5. The molecule has 0 aromatic carbocycles. The molecule has 13 heteroatoms. The first-order valence-corrected chi connectivity index (χ1v) is 16.6. The Balaban J connectivity index is 2.51. The first-order chi connectivity index (χ1) is 20.1. The van der Waals surface area contributed by atoms with Gasteiger partial charge in [0, 0.05) is 31.6 Å². The molecule has 248 valence electrons. The summed E-state index contributed by atoms with van der Waals surface area (Å²) in [6.07, 6.45) is 9.96. The van der Waals surface area contributed by atoms with Gasteiger partial charge in [-0.05, 0) is 25.7 Å². The van der Waals surface area contributed by atoms with E-state index in [9.17, 15) is 34.1 Å². The highest BCUT2D eigenvalue weighted by molar-refractivity contribution is 7.47. The number of allylic oxidation sites excluding steroid dienone is 2. The Bertz CT molecular complexity index is 962. The zero-order valence-electron chi connectivity index (χ0n) is 26.4. The number of phosphoric acid groups is 1. The van der Waals surface area contributed by atoms with Crippen LogP contribution in [-0.4, -0.2) is 103 Å². The average Bonchev–Trinajstić information content (AvgIpc) is 3.17. The predicted octanol–water partition coefficient (Wildman–Crippen LogP) is 3.48. The lowest BCUT2D eigenvalue weighted by Gasteiger charge is -2.24. The molecule has 43 heavy (non-hydrogen) atoms. The van der Waals surface area contributed by atoms with Gasteiger partial charge in [-0.2, -0.15) is 0 Å². The standard InChI is InChI=1S/C30H52NO11P/c1-6-7-10-13-24(33)16-17-27-26(28(34)20-29(27)35)14-11-8-9-12-15-30(36)42-25(21-39-23(2)32)22-41-43(37,38)40-19-18-31(3,4)5/h8,11,16-17,24-27,29,33,35H,6-7,9-10,12-15,18-22H2,1-5H3/p+1/b11-8-,17-16+/t24-,25+,26+,27+,29+/m0/s1. The number of phosphoric ester groups is 1. The van der Waals surface area contributed by atoms with E-state index in [2.05, 4.69) is 6.92 Å². The third-order valence-corrected chi connectivity index (χ3v) is 7.90. The van der Waals surface area contributed by atoms with E-state index < -0.39 is 44.7 Å². The van der Waals surface area contributed by atoms with Gasteiger partial charge in [0.15, 0.2) is 6.10 Å². The minimum Gasteiger partial charge on any atom is -0.462 e. The molecule has 0 amide bonds. The number of unbranched alkanes of at least 4 members (excludes halogenated alkanes) is 3. The number of nitrogens with zero attached hydrogens (tertiary/aromatic N) is 1. The highest BCUT2D eigenvalue weighted by Gasteiger charge is 2.39. The number of ketones is 1. The molecule has 0 aromatic rings. The van der Waals surface area contributed by atoms with Gasteiger partial charge < -0.3 is 29.1 Å². The molecule has 1 aliphatic rings. The Hall–Kier alpha value is -1.92. The summed E-state index contributed by atoms with van der Waals surface area (Å²) in [5, 5.41) is 20.5. The van der Waals surface area contributed by atoms with Crippen LogP contribution in [0, 0.1) is 11.8 Å². The Kier molecular flexibility index (Phi) is 18.3. The van der Waals surface area contributed by atoms with Gasteiger partial charge in [0.05, 0.1) is 40.0 Å². The summed E-state index contributed by atoms with van der Waals surface area (Å²) in [5.74, 6) is -1.92. The fraction of sp³-hybridized carbons (Fsp3) is 0.767. The number of Topliss-reactive ketones (excluding diaryl/α,β-unsaturated/α-hetero) is 1. The highest BCUT2D eigenvalue weighted by Crippen LogP contribution is 2.43. The molecular weight excluding hydrogens is 581 g/mol. The van der Waals surface area contributed by atoms with E-state index in [0.29, 0.717) is 36.7 Å². The second kappa shape index (κ2) is 20.2. The molecule has 0 radical (unpaired) electrons. The molecule has 1 rings (SSSR count). The van der Waals surface area contributed by atoms with Crippen LogP contribution in [0.3, 0.4) is 0 Å². The van der Waals surface area contributed by atoms with Gasteiger partial charge in [0.1, 0.15) is 25.5 Å². The van der Waals surface area contributed by atoms with Crippen LogP contribution >= 0.6 is 7.82 Å². The van der Waals surface area contributed by atoms with Crippen molar-refractivity contribution in [1.29, 1.82) is 0 Å². The van der Waals surface area contributed by atoms with Crippen LogP contribution < -0.4 is 0 Å². The van der Waals surface area contributed by atoms with Crippen molar-refractivity contribution < 1.29 is 57.1 Å². The number of esters is 2. The van der Waals surface area contributed by atoms with Crippen LogP contribution in [-0.2, 0) is 37.5 Å². The highest BCUT2D eigenvalue weighted by atomic mass is 31.2. The lowest BCUT2D eigenvalue weighted by molar-refractivity contribution is -0.870. The van der Waals surface area contributed by atoms with Gasteiger partial charge in [-0.25, -0.2) is 4.57 Å². The van der Waals surface area contributed by atoms with Crippen molar-refractivity contribution in [3.8, 4) is 0 Å². The molecule has 0 heterocycles. The normalized spacial score (nSPS) is 22.1. The molecular formula is C30H53NO11P+. The molecule has 0 aliphatic heterocycles. The fourth-order valence-corrected chi connectivity index (χ4v) is 5.17.